The van der Waals surface area contributed by atoms with Crippen LogP contribution >= 0.6 is 0 Å². The van der Waals surface area contributed by atoms with Crippen molar-refractivity contribution in [2.24, 2.45) is 11.8 Å². The number of hydrogen-bond acceptors (Lipinski definition) is 6. The molecule has 3 atom stereocenters. The highest BCUT2D eigenvalue weighted by atomic mass is 32.2. The molecule has 8 heteroatoms. The molecule has 3 aromatic carbocycles. The SMILES string of the molecule is CCCCC(CC)COC(=O)CCS(=O)(=O)c1ccc(C)cc1O[C@@H]1CCC[C@H](CCO[Si](c2ccccc2)(c2ccccc2)C(C)(C)C)C1. The van der Waals surface area contributed by atoms with Crippen molar-refractivity contribution in [3.8, 4) is 5.75 Å². The number of unbranched alkanes of at least 4 members (excludes halogenated alkanes) is 1. The number of hydrogen-bond donors (Lipinski definition) is 0. The molecule has 274 valence electrons. The van der Waals surface area contributed by atoms with Gasteiger partial charge in [-0.15, -0.1) is 0 Å². The van der Waals surface area contributed by atoms with Gasteiger partial charge in [0.1, 0.15) is 10.6 Å². The van der Waals surface area contributed by atoms with E-state index in [1.54, 1.807) is 12.1 Å². The Kier molecular flexibility index (Phi) is 14.8. The number of carbonyl (C=O) groups is 1. The lowest BCUT2D eigenvalue weighted by Gasteiger charge is -2.43. The lowest BCUT2D eigenvalue weighted by Crippen LogP contribution is -2.66. The molecule has 3 aromatic rings. The minimum Gasteiger partial charge on any atom is -0.489 e. The smallest absolute Gasteiger partial charge is 0.306 e. The molecule has 1 unspecified atom stereocenters. The molecule has 6 nitrogen and oxygen atoms in total. The Labute approximate surface area is 303 Å². The van der Waals surface area contributed by atoms with Crippen LogP contribution in [0.5, 0.6) is 5.75 Å². The number of benzene rings is 3. The number of ether oxygens (including phenoxy) is 2. The number of rotatable bonds is 18. The Hall–Kier alpha value is -2.94. The summed E-state index contributed by atoms with van der Waals surface area (Å²) in [5, 5.41) is 2.48. The lowest BCUT2D eigenvalue weighted by atomic mass is 9.85. The van der Waals surface area contributed by atoms with Gasteiger partial charge in [-0.2, -0.15) is 0 Å². The normalized spacial score (nSPS) is 17.6. The van der Waals surface area contributed by atoms with Crippen molar-refractivity contribution in [2.75, 3.05) is 19.0 Å². The predicted octanol–water partition coefficient (Wildman–Crippen LogP) is 8.82. The third kappa shape index (κ3) is 10.5. The molecule has 1 saturated carbocycles. The highest BCUT2D eigenvalue weighted by Crippen LogP contribution is 2.38. The average Bonchev–Trinajstić information content (AvgIpc) is 3.10. The summed E-state index contributed by atoms with van der Waals surface area (Å²) in [5.41, 5.74) is 0.933. The molecule has 0 bridgehead atoms. The molecule has 0 saturated heterocycles. The standard InChI is InChI=1S/C42H60O6SSi/c1-7-9-17-34(8-2)32-46-41(43)27-29-49(44,45)40-25-24-33(3)30-39(40)48-36-19-16-18-35(31-36)26-28-47-50(42(4,5)6,37-20-12-10-13-21-37)38-22-14-11-15-23-38/h10-15,20-25,30,34-36H,7-9,16-19,26-29,31-32H2,1-6H3/t34?,35-,36-/m1/s1. The summed E-state index contributed by atoms with van der Waals surface area (Å²) in [5.74, 6) is 0.348. The molecule has 1 fully saturated rings. The van der Waals surface area contributed by atoms with Crippen molar-refractivity contribution >= 4 is 34.5 Å². The molecule has 0 radical (unpaired) electrons. The van der Waals surface area contributed by atoms with Crippen LogP contribution in [0, 0.1) is 18.8 Å². The van der Waals surface area contributed by atoms with Crippen molar-refractivity contribution in [2.45, 2.75) is 122 Å². The first-order chi connectivity index (χ1) is 23.9. The van der Waals surface area contributed by atoms with Crippen molar-refractivity contribution < 1.29 is 27.1 Å². The molecule has 0 amide bonds. The van der Waals surface area contributed by atoms with Gasteiger partial charge in [-0.1, -0.05) is 127 Å². The number of carbonyl (C=O) groups excluding carboxylic acids is 1. The van der Waals surface area contributed by atoms with Gasteiger partial charge in [-0.25, -0.2) is 8.42 Å². The molecule has 50 heavy (non-hydrogen) atoms. The van der Waals surface area contributed by atoms with Gasteiger partial charge in [0.05, 0.1) is 24.9 Å². The molecular formula is C42H60O6SSi. The highest BCUT2D eigenvalue weighted by Gasteiger charge is 2.50. The third-order valence-corrected chi connectivity index (χ3v) is 17.1. The van der Waals surface area contributed by atoms with E-state index in [0.29, 0.717) is 30.8 Å². The van der Waals surface area contributed by atoms with E-state index in [1.165, 1.54) is 10.4 Å². The maximum absolute atomic E-state index is 13.6. The van der Waals surface area contributed by atoms with Crippen LogP contribution in [0.4, 0.5) is 0 Å². The summed E-state index contributed by atoms with van der Waals surface area (Å²) in [7, 11) is -6.38. The summed E-state index contributed by atoms with van der Waals surface area (Å²) < 4.78 is 46.3. The molecule has 4 rings (SSSR count). The van der Waals surface area contributed by atoms with Gasteiger partial charge in [0.2, 0.25) is 0 Å². The molecule has 0 aromatic heterocycles. The average molecular weight is 721 g/mol. The summed E-state index contributed by atoms with van der Waals surface area (Å²) in [4.78, 5) is 12.7. The zero-order valence-electron chi connectivity index (χ0n) is 31.3. The number of sulfone groups is 1. The minimum atomic E-state index is -3.76. The van der Waals surface area contributed by atoms with Gasteiger partial charge in [-0.3, -0.25) is 4.79 Å². The first-order valence-electron chi connectivity index (χ1n) is 18.8. The first kappa shape index (κ1) is 39.8. The van der Waals surface area contributed by atoms with E-state index in [2.05, 4.69) is 95.3 Å². The third-order valence-electron chi connectivity index (χ3n) is 10.3. The largest absolute Gasteiger partial charge is 0.489 e. The van der Waals surface area contributed by atoms with E-state index in [4.69, 9.17) is 13.9 Å². The summed E-state index contributed by atoms with van der Waals surface area (Å²) >= 11 is 0. The maximum Gasteiger partial charge on any atom is 0.306 e. The Bertz CT molecular complexity index is 1550. The fraction of sp³-hybridized carbons (Fsp3) is 0.548. The molecule has 0 N–H and O–H groups in total. The van der Waals surface area contributed by atoms with Crippen LogP contribution in [0.25, 0.3) is 0 Å². The van der Waals surface area contributed by atoms with Gasteiger partial charge >= 0.3 is 5.97 Å². The van der Waals surface area contributed by atoms with E-state index in [-0.39, 0.29) is 28.2 Å². The van der Waals surface area contributed by atoms with Crippen LogP contribution in [-0.4, -0.2) is 47.8 Å². The zero-order valence-corrected chi connectivity index (χ0v) is 33.1. The maximum atomic E-state index is 13.6. The van der Waals surface area contributed by atoms with E-state index in [9.17, 15) is 13.2 Å². The Balaban J connectivity index is 1.40. The summed E-state index contributed by atoms with van der Waals surface area (Å²) in [6, 6.07) is 26.7. The topological polar surface area (TPSA) is 78.9 Å². The molecule has 0 aliphatic heterocycles. The van der Waals surface area contributed by atoms with E-state index in [1.807, 2.05) is 13.0 Å². The van der Waals surface area contributed by atoms with Crippen LogP contribution in [-0.2, 0) is 23.8 Å². The quantitative estimate of drug-likeness (QED) is 0.0966. The van der Waals surface area contributed by atoms with Gasteiger partial charge < -0.3 is 13.9 Å². The zero-order chi connectivity index (χ0) is 36.2. The van der Waals surface area contributed by atoms with Gasteiger partial charge in [0.25, 0.3) is 8.32 Å². The Morgan fingerprint density at radius 1 is 0.940 bits per heavy atom. The van der Waals surface area contributed by atoms with Crippen LogP contribution < -0.4 is 15.1 Å². The summed E-state index contributed by atoms with van der Waals surface area (Å²) in [6.45, 7) is 14.1. The minimum absolute atomic E-state index is 0.0791. The second-order valence-electron chi connectivity index (χ2n) is 15.2. The van der Waals surface area contributed by atoms with E-state index < -0.39 is 24.1 Å². The van der Waals surface area contributed by atoms with Gasteiger partial charge in [-0.05, 0) is 84.0 Å². The molecule has 0 spiro atoms. The van der Waals surface area contributed by atoms with Crippen molar-refractivity contribution in [1.82, 2.24) is 0 Å². The fourth-order valence-electron chi connectivity index (χ4n) is 7.40. The Morgan fingerprint density at radius 2 is 1.60 bits per heavy atom. The molecule has 1 aliphatic carbocycles. The van der Waals surface area contributed by atoms with Crippen molar-refractivity contribution in [1.29, 1.82) is 0 Å². The first-order valence-corrected chi connectivity index (χ1v) is 22.4. The molecular weight excluding hydrogens is 661 g/mol. The van der Waals surface area contributed by atoms with Crippen molar-refractivity contribution in [3.05, 3.63) is 84.4 Å². The van der Waals surface area contributed by atoms with Gasteiger partial charge in [0.15, 0.2) is 9.84 Å². The molecule has 0 heterocycles. The van der Waals surface area contributed by atoms with E-state index >= 15 is 0 Å². The van der Waals surface area contributed by atoms with E-state index in [0.717, 1.165) is 63.4 Å². The molecule has 1 aliphatic rings. The van der Waals surface area contributed by atoms with Gasteiger partial charge in [0, 0.05) is 6.61 Å². The predicted molar refractivity (Wildman–Crippen MR) is 207 cm³/mol. The van der Waals surface area contributed by atoms with Crippen LogP contribution in [0.1, 0.15) is 104 Å². The van der Waals surface area contributed by atoms with Crippen LogP contribution in [0.3, 0.4) is 0 Å². The monoisotopic (exact) mass is 720 g/mol. The van der Waals surface area contributed by atoms with Crippen LogP contribution in [0.2, 0.25) is 5.04 Å². The number of esters is 1. The highest BCUT2D eigenvalue weighted by molar-refractivity contribution is 7.91. The fourth-order valence-corrected chi connectivity index (χ4v) is 13.3. The lowest BCUT2D eigenvalue weighted by molar-refractivity contribution is -0.144. The Morgan fingerprint density at radius 3 is 2.20 bits per heavy atom. The second kappa shape index (κ2) is 18.5. The second-order valence-corrected chi connectivity index (χ2v) is 21.6. The summed E-state index contributed by atoms with van der Waals surface area (Å²) in [6.07, 6.45) is 8.65. The van der Waals surface area contributed by atoms with Crippen molar-refractivity contribution in [3.63, 3.8) is 0 Å². The number of aryl methyl sites for hydroxylation is 1. The van der Waals surface area contributed by atoms with Crippen LogP contribution in [0.15, 0.2) is 83.8 Å².